The van der Waals surface area contributed by atoms with E-state index in [2.05, 4.69) is 9.88 Å². The molecule has 1 spiro atoms. The first-order chi connectivity index (χ1) is 12.1. The van der Waals surface area contributed by atoms with Crippen molar-refractivity contribution in [1.29, 1.82) is 0 Å². The highest BCUT2D eigenvalue weighted by molar-refractivity contribution is 5.67. The molecule has 3 heterocycles. The molecule has 2 atom stereocenters. The summed E-state index contributed by atoms with van der Waals surface area (Å²) in [6.07, 6.45) is 4.27. The maximum Gasteiger partial charge on any atom is 0.421 e. The van der Waals surface area contributed by atoms with Crippen LogP contribution in [-0.2, 0) is 11.3 Å². The molecule has 7 heteroatoms. The van der Waals surface area contributed by atoms with Crippen molar-refractivity contribution in [2.45, 2.75) is 44.9 Å². The predicted octanol–water partition coefficient (Wildman–Crippen LogP) is 1.24. The summed E-state index contributed by atoms with van der Waals surface area (Å²) in [7, 11) is 0. The van der Waals surface area contributed by atoms with Gasteiger partial charge in [0, 0.05) is 37.7 Å². The van der Waals surface area contributed by atoms with Gasteiger partial charge in [0.25, 0.3) is 0 Å². The molecule has 2 aromatic heterocycles. The van der Waals surface area contributed by atoms with Gasteiger partial charge in [0.2, 0.25) is 0 Å². The van der Waals surface area contributed by atoms with E-state index >= 15 is 0 Å². The monoisotopic (exact) mass is 347 g/mol. The lowest BCUT2D eigenvalue weighted by atomic mass is 9.58. The van der Waals surface area contributed by atoms with Gasteiger partial charge in [-0.3, -0.25) is 4.57 Å². The third-order valence-corrected chi connectivity index (χ3v) is 5.96. The highest BCUT2D eigenvalue weighted by Crippen LogP contribution is 2.50. The molecule has 1 N–H and O–H groups in total. The van der Waals surface area contributed by atoms with Crippen LogP contribution in [0.25, 0.3) is 11.2 Å². The summed E-state index contributed by atoms with van der Waals surface area (Å²) in [5.74, 6) is -0.354. The molecule has 2 unspecified atom stereocenters. The first-order valence-electron chi connectivity index (χ1n) is 9.10. The lowest BCUT2D eigenvalue weighted by Crippen LogP contribution is -2.62. The average Bonchev–Trinajstić information content (AvgIpc) is 2.95. The van der Waals surface area contributed by atoms with Crippen LogP contribution >= 0.6 is 0 Å². The van der Waals surface area contributed by atoms with Crippen molar-refractivity contribution in [2.75, 3.05) is 26.2 Å². The van der Waals surface area contributed by atoms with Crippen LogP contribution in [-0.4, -0.2) is 58.0 Å². The van der Waals surface area contributed by atoms with E-state index in [9.17, 15) is 9.90 Å². The maximum atomic E-state index is 12.0. The van der Waals surface area contributed by atoms with Gasteiger partial charge >= 0.3 is 5.76 Å². The number of likely N-dealkylation sites (tertiary alicyclic amines) is 1. The molecule has 0 amide bonds. The fourth-order valence-electron chi connectivity index (χ4n) is 4.35. The minimum Gasteiger partial charge on any atom is -0.406 e. The van der Waals surface area contributed by atoms with E-state index in [1.807, 2.05) is 6.92 Å². The maximum absolute atomic E-state index is 12.0. The molecule has 2 fully saturated rings. The minimum absolute atomic E-state index is 0.0623. The van der Waals surface area contributed by atoms with Crippen LogP contribution in [0.2, 0.25) is 0 Å². The van der Waals surface area contributed by atoms with Gasteiger partial charge in [0.05, 0.1) is 12.2 Å². The second-order valence-corrected chi connectivity index (χ2v) is 7.12. The molecule has 1 saturated heterocycles. The van der Waals surface area contributed by atoms with Crippen molar-refractivity contribution in [2.24, 2.45) is 5.41 Å². The summed E-state index contributed by atoms with van der Waals surface area (Å²) in [5.41, 5.74) is 1.07. The first-order valence-corrected chi connectivity index (χ1v) is 9.10. The minimum atomic E-state index is -0.354. The first kappa shape index (κ1) is 16.8. The molecule has 1 aliphatic carbocycles. The lowest BCUT2D eigenvalue weighted by molar-refractivity contribution is -0.209. The summed E-state index contributed by atoms with van der Waals surface area (Å²) in [5, 5.41) is 10.3. The molecule has 136 valence electrons. The third kappa shape index (κ3) is 2.80. The molecule has 25 heavy (non-hydrogen) atoms. The Morgan fingerprint density at radius 3 is 2.92 bits per heavy atom. The highest BCUT2D eigenvalue weighted by atomic mass is 16.5. The zero-order valence-electron chi connectivity index (χ0n) is 14.6. The Bertz CT molecular complexity index is 789. The van der Waals surface area contributed by atoms with Crippen LogP contribution in [0.5, 0.6) is 0 Å². The SMILES string of the molecule is CCOC1CC(O)C12CCN(CCn1c(=O)oc3cccnc31)CC2. The molecule has 4 rings (SSSR count). The van der Waals surface area contributed by atoms with Crippen LogP contribution < -0.4 is 5.76 Å². The molecular weight excluding hydrogens is 322 g/mol. The second-order valence-electron chi connectivity index (χ2n) is 7.12. The largest absolute Gasteiger partial charge is 0.421 e. The van der Waals surface area contributed by atoms with Gasteiger partial charge in [0.1, 0.15) is 0 Å². The molecule has 2 aliphatic rings. The van der Waals surface area contributed by atoms with E-state index in [1.54, 1.807) is 22.9 Å². The number of ether oxygens (including phenoxy) is 1. The quantitative estimate of drug-likeness (QED) is 0.876. The molecule has 1 aliphatic heterocycles. The number of hydrogen-bond donors (Lipinski definition) is 1. The fourth-order valence-corrected chi connectivity index (χ4v) is 4.35. The second kappa shape index (κ2) is 6.55. The Hall–Kier alpha value is -1.70. The van der Waals surface area contributed by atoms with E-state index in [4.69, 9.17) is 9.15 Å². The summed E-state index contributed by atoms with van der Waals surface area (Å²) in [6.45, 7) is 5.88. The fraction of sp³-hybridized carbons (Fsp3) is 0.667. The zero-order chi connectivity index (χ0) is 17.4. The van der Waals surface area contributed by atoms with Gasteiger partial charge < -0.3 is 19.2 Å². The van der Waals surface area contributed by atoms with E-state index in [-0.39, 0.29) is 23.4 Å². The highest BCUT2D eigenvalue weighted by Gasteiger charge is 2.55. The third-order valence-electron chi connectivity index (χ3n) is 5.96. The van der Waals surface area contributed by atoms with Crippen molar-refractivity contribution in [3.63, 3.8) is 0 Å². The number of fused-ring (bicyclic) bond motifs is 1. The van der Waals surface area contributed by atoms with Crippen LogP contribution in [0.4, 0.5) is 0 Å². The topological polar surface area (TPSA) is 80.7 Å². The molecule has 2 aromatic rings. The number of rotatable bonds is 5. The van der Waals surface area contributed by atoms with Crippen molar-refractivity contribution < 1.29 is 14.3 Å². The Labute approximate surface area is 146 Å². The van der Waals surface area contributed by atoms with Crippen LogP contribution in [0.15, 0.2) is 27.5 Å². The number of oxazole rings is 1. The number of nitrogens with zero attached hydrogens (tertiary/aromatic N) is 3. The van der Waals surface area contributed by atoms with Crippen LogP contribution in [0, 0.1) is 5.41 Å². The molecule has 1 saturated carbocycles. The van der Waals surface area contributed by atoms with Gasteiger partial charge in [-0.05, 0) is 45.0 Å². The van der Waals surface area contributed by atoms with E-state index in [0.29, 0.717) is 24.4 Å². The Balaban J connectivity index is 1.38. The van der Waals surface area contributed by atoms with E-state index in [1.165, 1.54) is 0 Å². The Morgan fingerprint density at radius 2 is 2.20 bits per heavy atom. The van der Waals surface area contributed by atoms with Crippen LogP contribution in [0.1, 0.15) is 26.2 Å². The molecule has 0 bridgehead atoms. The van der Waals surface area contributed by atoms with Crippen molar-refractivity contribution >= 4 is 11.2 Å². The number of hydrogen-bond acceptors (Lipinski definition) is 6. The standard InChI is InChI=1S/C18H25N3O4/c1-2-24-15-12-14(22)18(15)5-8-20(9-6-18)10-11-21-16-13(25-17(21)23)4-3-7-19-16/h3-4,7,14-15,22H,2,5-6,8-12H2,1H3. The molecule has 7 nitrogen and oxygen atoms in total. The number of aromatic nitrogens is 2. The number of aliphatic hydroxyl groups is 1. The van der Waals surface area contributed by atoms with Crippen molar-refractivity contribution in [3.8, 4) is 0 Å². The summed E-state index contributed by atoms with van der Waals surface area (Å²) >= 11 is 0. The van der Waals surface area contributed by atoms with Crippen molar-refractivity contribution in [3.05, 3.63) is 28.9 Å². The Morgan fingerprint density at radius 1 is 1.40 bits per heavy atom. The van der Waals surface area contributed by atoms with E-state index < -0.39 is 0 Å². The lowest BCUT2D eigenvalue weighted by Gasteiger charge is -2.56. The summed E-state index contributed by atoms with van der Waals surface area (Å²) < 4.78 is 12.6. The smallest absolute Gasteiger partial charge is 0.406 e. The Kier molecular flexibility index (Phi) is 4.39. The summed E-state index contributed by atoms with van der Waals surface area (Å²) in [4.78, 5) is 18.6. The van der Waals surface area contributed by atoms with Gasteiger partial charge in [-0.25, -0.2) is 9.78 Å². The van der Waals surface area contributed by atoms with Crippen LogP contribution in [0.3, 0.4) is 0 Å². The van der Waals surface area contributed by atoms with E-state index in [0.717, 1.165) is 38.9 Å². The molecule has 0 radical (unpaired) electrons. The zero-order valence-corrected chi connectivity index (χ0v) is 14.6. The predicted molar refractivity (Wildman–Crippen MR) is 92.4 cm³/mol. The van der Waals surface area contributed by atoms with Gasteiger partial charge in [-0.2, -0.15) is 0 Å². The number of pyridine rings is 1. The average molecular weight is 347 g/mol. The van der Waals surface area contributed by atoms with Gasteiger partial charge in [-0.1, -0.05) is 0 Å². The van der Waals surface area contributed by atoms with Gasteiger partial charge in [0.15, 0.2) is 11.2 Å². The molecular formula is C18H25N3O4. The van der Waals surface area contributed by atoms with Gasteiger partial charge in [-0.15, -0.1) is 0 Å². The number of aliphatic hydroxyl groups excluding tert-OH is 1. The summed E-state index contributed by atoms with van der Waals surface area (Å²) in [6, 6.07) is 3.52. The molecule has 0 aromatic carbocycles. The normalized spacial score (nSPS) is 26.2. The number of piperidine rings is 1. The van der Waals surface area contributed by atoms with Crippen molar-refractivity contribution in [1.82, 2.24) is 14.5 Å².